The van der Waals surface area contributed by atoms with Crippen LogP contribution in [0.4, 0.5) is 0 Å². The fourth-order valence-corrected chi connectivity index (χ4v) is 3.93. The molecule has 0 atom stereocenters. The number of carbonyl (C=O) groups excluding carboxylic acids is 1. The maximum absolute atomic E-state index is 12.4. The molecule has 0 N–H and O–H groups in total. The lowest BCUT2D eigenvalue weighted by Crippen LogP contribution is -2.45. The van der Waals surface area contributed by atoms with Gasteiger partial charge >= 0.3 is 0 Å². The van der Waals surface area contributed by atoms with Crippen molar-refractivity contribution in [2.24, 2.45) is 5.41 Å². The fourth-order valence-electron chi connectivity index (χ4n) is 3.93. The van der Waals surface area contributed by atoms with Crippen LogP contribution in [0.1, 0.15) is 44.1 Å². The highest BCUT2D eigenvalue weighted by atomic mass is 16.5. The summed E-state index contributed by atoms with van der Waals surface area (Å²) in [6.07, 6.45) is 7.17. The van der Waals surface area contributed by atoms with Crippen LogP contribution in [0.25, 0.3) is 0 Å². The van der Waals surface area contributed by atoms with E-state index in [-0.39, 0.29) is 0 Å². The number of carbonyl (C=O) groups is 1. The summed E-state index contributed by atoms with van der Waals surface area (Å²) in [4.78, 5) is 14.5. The molecular formula is C20H29NO3. The molecule has 4 nitrogen and oxygen atoms in total. The Balaban J connectivity index is 1.39. The number of rotatable bonds is 5. The minimum atomic E-state index is 0.324. The van der Waals surface area contributed by atoms with Crippen molar-refractivity contribution in [3.63, 3.8) is 0 Å². The van der Waals surface area contributed by atoms with Crippen molar-refractivity contribution in [1.82, 2.24) is 4.90 Å². The molecule has 2 heterocycles. The Kier molecular flexibility index (Phi) is 5.77. The second kappa shape index (κ2) is 8.02. The summed E-state index contributed by atoms with van der Waals surface area (Å²) in [5, 5.41) is 0. The molecule has 1 aromatic rings. The first-order valence-electron chi connectivity index (χ1n) is 9.19. The molecule has 132 valence electrons. The number of amides is 1. The fraction of sp³-hybridized carbons (Fsp3) is 0.650. The molecule has 0 unspecified atom stereocenters. The lowest BCUT2D eigenvalue weighted by atomic mass is 9.72. The van der Waals surface area contributed by atoms with E-state index in [9.17, 15) is 4.79 Å². The third-order valence-corrected chi connectivity index (χ3v) is 5.75. The molecule has 2 fully saturated rings. The van der Waals surface area contributed by atoms with E-state index in [4.69, 9.17) is 9.47 Å². The summed E-state index contributed by atoms with van der Waals surface area (Å²) in [6, 6.07) is 8.13. The Labute approximate surface area is 145 Å². The average molecular weight is 331 g/mol. The minimum Gasteiger partial charge on any atom is -0.497 e. The summed E-state index contributed by atoms with van der Waals surface area (Å²) in [6.45, 7) is 3.66. The molecule has 1 aromatic carbocycles. The number of hydrogen-bond acceptors (Lipinski definition) is 3. The van der Waals surface area contributed by atoms with Gasteiger partial charge in [-0.1, -0.05) is 12.1 Å². The van der Waals surface area contributed by atoms with E-state index in [0.717, 1.165) is 57.7 Å². The maximum Gasteiger partial charge on any atom is 0.222 e. The molecule has 2 saturated heterocycles. The second-order valence-corrected chi connectivity index (χ2v) is 7.19. The summed E-state index contributed by atoms with van der Waals surface area (Å²) >= 11 is 0. The average Bonchev–Trinajstić information content (AvgIpc) is 2.63. The molecule has 0 radical (unpaired) electrons. The number of nitrogens with zero attached hydrogens (tertiary/aromatic N) is 1. The highest BCUT2D eigenvalue weighted by Crippen LogP contribution is 2.40. The predicted octanol–water partition coefficient (Wildman–Crippen LogP) is 3.44. The van der Waals surface area contributed by atoms with E-state index < -0.39 is 0 Å². The standard InChI is InChI=1S/C20H29NO3/c1-23-18-7-5-17(6-8-18)3-2-4-19(22)21-13-9-20(10-14-21)11-15-24-16-12-20/h5-8H,2-4,9-16H2,1H3. The lowest BCUT2D eigenvalue weighted by molar-refractivity contribution is -0.134. The first-order chi connectivity index (χ1) is 11.7. The Morgan fingerprint density at radius 2 is 1.79 bits per heavy atom. The van der Waals surface area contributed by atoms with Crippen LogP contribution in [0.3, 0.4) is 0 Å². The number of ether oxygens (including phenoxy) is 2. The molecule has 0 bridgehead atoms. The monoisotopic (exact) mass is 331 g/mol. The number of piperidine rings is 1. The van der Waals surface area contributed by atoms with Gasteiger partial charge < -0.3 is 14.4 Å². The van der Waals surface area contributed by atoms with E-state index in [1.54, 1.807) is 7.11 Å². The SMILES string of the molecule is COc1ccc(CCCC(=O)N2CCC3(CCOCC3)CC2)cc1. The van der Waals surface area contributed by atoms with Crippen molar-refractivity contribution in [2.75, 3.05) is 33.4 Å². The van der Waals surface area contributed by atoms with E-state index in [1.165, 1.54) is 18.4 Å². The molecule has 0 aliphatic carbocycles. The van der Waals surface area contributed by atoms with Gasteiger partial charge in [0.05, 0.1) is 7.11 Å². The molecule has 0 saturated carbocycles. The smallest absolute Gasteiger partial charge is 0.222 e. The second-order valence-electron chi connectivity index (χ2n) is 7.19. The Morgan fingerprint density at radius 3 is 2.42 bits per heavy atom. The number of aryl methyl sites for hydroxylation is 1. The van der Waals surface area contributed by atoms with Crippen LogP contribution in [0, 0.1) is 5.41 Å². The minimum absolute atomic E-state index is 0.324. The van der Waals surface area contributed by atoms with Gasteiger partial charge in [0.15, 0.2) is 0 Å². The zero-order valence-electron chi connectivity index (χ0n) is 14.8. The van der Waals surface area contributed by atoms with E-state index in [2.05, 4.69) is 17.0 Å². The molecule has 24 heavy (non-hydrogen) atoms. The van der Waals surface area contributed by atoms with Gasteiger partial charge in [-0.25, -0.2) is 0 Å². The number of benzene rings is 1. The van der Waals surface area contributed by atoms with Gasteiger partial charge in [0.2, 0.25) is 5.91 Å². The van der Waals surface area contributed by atoms with Crippen LogP contribution in [0.15, 0.2) is 24.3 Å². The first kappa shape index (κ1) is 17.3. The molecule has 1 spiro atoms. The summed E-state index contributed by atoms with van der Waals surface area (Å²) in [5.41, 5.74) is 1.72. The summed E-state index contributed by atoms with van der Waals surface area (Å²) < 4.78 is 10.7. The largest absolute Gasteiger partial charge is 0.497 e. The van der Waals surface area contributed by atoms with Crippen molar-refractivity contribution < 1.29 is 14.3 Å². The molecule has 4 heteroatoms. The van der Waals surface area contributed by atoms with E-state index in [0.29, 0.717) is 17.7 Å². The van der Waals surface area contributed by atoms with Crippen molar-refractivity contribution >= 4 is 5.91 Å². The molecule has 2 aliphatic rings. The number of methoxy groups -OCH3 is 1. The van der Waals surface area contributed by atoms with Crippen LogP contribution in [-0.2, 0) is 16.0 Å². The lowest BCUT2D eigenvalue weighted by Gasteiger charge is -2.44. The highest BCUT2D eigenvalue weighted by molar-refractivity contribution is 5.76. The topological polar surface area (TPSA) is 38.8 Å². The quantitative estimate of drug-likeness (QED) is 0.830. The van der Waals surface area contributed by atoms with Gasteiger partial charge in [-0.3, -0.25) is 4.79 Å². The van der Waals surface area contributed by atoms with E-state index >= 15 is 0 Å². The Bertz CT molecular complexity index is 524. The van der Waals surface area contributed by atoms with Crippen LogP contribution < -0.4 is 4.74 Å². The Morgan fingerprint density at radius 1 is 1.12 bits per heavy atom. The van der Waals surface area contributed by atoms with Crippen LogP contribution in [0.2, 0.25) is 0 Å². The summed E-state index contributed by atoms with van der Waals surface area (Å²) in [5.74, 6) is 1.20. The summed E-state index contributed by atoms with van der Waals surface area (Å²) in [7, 11) is 1.68. The predicted molar refractivity (Wildman–Crippen MR) is 94.2 cm³/mol. The van der Waals surface area contributed by atoms with Gasteiger partial charge in [0, 0.05) is 32.7 Å². The van der Waals surface area contributed by atoms with Crippen molar-refractivity contribution in [2.45, 2.75) is 44.9 Å². The third-order valence-electron chi connectivity index (χ3n) is 5.75. The third kappa shape index (κ3) is 4.29. The zero-order valence-corrected chi connectivity index (χ0v) is 14.8. The van der Waals surface area contributed by atoms with Gasteiger partial charge in [-0.15, -0.1) is 0 Å². The molecule has 1 amide bonds. The molecule has 2 aliphatic heterocycles. The van der Waals surface area contributed by atoms with Crippen LogP contribution in [-0.4, -0.2) is 44.2 Å². The van der Waals surface area contributed by atoms with Crippen molar-refractivity contribution in [1.29, 1.82) is 0 Å². The molecule has 0 aromatic heterocycles. The molecular weight excluding hydrogens is 302 g/mol. The maximum atomic E-state index is 12.4. The van der Waals surface area contributed by atoms with Gasteiger partial charge in [0.1, 0.15) is 5.75 Å². The highest BCUT2D eigenvalue weighted by Gasteiger charge is 2.36. The van der Waals surface area contributed by atoms with Gasteiger partial charge in [0.25, 0.3) is 0 Å². The molecule has 3 rings (SSSR count). The normalized spacial score (nSPS) is 20.1. The van der Waals surface area contributed by atoms with Crippen molar-refractivity contribution in [3.05, 3.63) is 29.8 Å². The first-order valence-corrected chi connectivity index (χ1v) is 9.19. The van der Waals surface area contributed by atoms with Gasteiger partial charge in [-0.2, -0.15) is 0 Å². The number of likely N-dealkylation sites (tertiary alicyclic amines) is 1. The van der Waals surface area contributed by atoms with E-state index in [1.807, 2.05) is 12.1 Å². The Hall–Kier alpha value is -1.55. The number of hydrogen-bond donors (Lipinski definition) is 0. The van der Waals surface area contributed by atoms with Gasteiger partial charge in [-0.05, 0) is 61.6 Å². The van der Waals surface area contributed by atoms with Crippen molar-refractivity contribution in [3.8, 4) is 5.75 Å². The van der Waals surface area contributed by atoms with Crippen LogP contribution >= 0.6 is 0 Å². The van der Waals surface area contributed by atoms with Crippen LogP contribution in [0.5, 0.6) is 5.75 Å². The zero-order chi connectivity index (χ0) is 16.8.